The van der Waals surface area contributed by atoms with E-state index in [9.17, 15) is 27.2 Å². The molecule has 2 aliphatic rings. The quantitative estimate of drug-likeness (QED) is 0.297. The molecule has 7 nitrogen and oxygen atoms in total. The van der Waals surface area contributed by atoms with Gasteiger partial charge in [-0.1, -0.05) is 6.58 Å². The van der Waals surface area contributed by atoms with E-state index in [1.807, 2.05) is 0 Å². The van der Waals surface area contributed by atoms with Gasteiger partial charge < -0.3 is 14.5 Å². The van der Waals surface area contributed by atoms with Gasteiger partial charge in [0.1, 0.15) is 17.5 Å². The van der Waals surface area contributed by atoms with Gasteiger partial charge in [0.05, 0.1) is 23.7 Å². The third-order valence-corrected chi connectivity index (χ3v) is 8.75. The number of rotatable bonds is 5. The van der Waals surface area contributed by atoms with Gasteiger partial charge in [-0.15, -0.1) is 11.8 Å². The van der Waals surface area contributed by atoms with E-state index in [1.54, 1.807) is 23.6 Å². The Morgan fingerprint density at radius 2 is 1.93 bits per heavy atom. The second-order valence-electron chi connectivity index (χ2n) is 10.2. The van der Waals surface area contributed by atoms with E-state index < -0.39 is 52.3 Å². The Hall–Kier alpha value is -3.45. The van der Waals surface area contributed by atoms with E-state index >= 15 is 4.39 Å². The van der Waals surface area contributed by atoms with Crippen LogP contribution in [0.15, 0.2) is 46.6 Å². The van der Waals surface area contributed by atoms with Crippen molar-refractivity contribution < 1.29 is 31.5 Å². The lowest BCUT2D eigenvalue weighted by Gasteiger charge is -2.45. The summed E-state index contributed by atoms with van der Waals surface area (Å²) in [5.41, 5.74) is -2.53. The number of benzene rings is 2. The largest absolute Gasteiger partial charge is 0.417 e. The number of carbonyl (C=O) groups is 1. The SMILES string of the molecule is C=CC(=O)N1C[C@H](C)N(c2nc(=O)n3c4c(c(-c5ccc(F)cc5F)c(C(F)(F)F)cc24)SC[C@@H]3COC)C[C@H]1C. The molecular weight excluding hydrogens is 567 g/mol. The van der Waals surface area contributed by atoms with Crippen molar-refractivity contribution in [2.24, 2.45) is 0 Å². The first-order chi connectivity index (χ1) is 19.4. The summed E-state index contributed by atoms with van der Waals surface area (Å²) >= 11 is 1.06. The molecule has 1 amide bonds. The zero-order valence-corrected chi connectivity index (χ0v) is 23.3. The minimum absolute atomic E-state index is 0.0443. The third-order valence-electron chi connectivity index (χ3n) is 7.51. The number of thioether (sulfide) groups is 1. The lowest BCUT2D eigenvalue weighted by molar-refractivity contribution is -0.137. The second-order valence-corrected chi connectivity index (χ2v) is 11.2. The summed E-state index contributed by atoms with van der Waals surface area (Å²) in [5, 5.41) is 0.0639. The van der Waals surface area contributed by atoms with Gasteiger partial charge in [0.25, 0.3) is 0 Å². The first-order valence-corrected chi connectivity index (χ1v) is 13.8. The van der Waals surface area contributed by atoms with Crippen molar-refractivity contribution in [3.63, 3.8) is 0 Å². The Bertz CT molecular complexity index is 1610. The zero-order valence-electron chi connectivity index (χ0n) is 22.5. The summed E-state index contributed by atoms with van der Waals surface area (Å²) in [7, 11) is 1.45. The molecule has 13 heteroatoms. The smallest absolute Gasteiger partial charge is 0.383 e. The maximum Gasteiger partial charge on any atom is 0.417 e. The lowest BCUT2D eigenvalue weighted by Crippen LogP contribution is -2.58. The predicted octanol–water partition coefficient (Wildman–Crippen LogP) is 5.27. The van der Waals surface area contributed by atoms with Crippen LogP contribution in [0.2, 0.25) is 0 Å². The average molecular weight is 595 g/mol. The number of halogens is 5. The van der Waals surface area contributed by atoms with Crippen molar-refractivity contribution in [3.05, 3.63) is 64.6 Å². The Kier molecular flexibility index (Phi) is 7.62. The van der Waals surface area contributed by atoms with E-state index in [2.05, 4.69) is 11.6 Å². The molecule has 5 rings (SSSR count). The molecule has 0 N–H and O–H groups in total. The van der Waals surface area contributed by atoms with Crippen LogP contribution in [0.25, 0.3) is 22.0 Å². The maximum absolute atomic E-state index is 15.0. The molecule has 0 spiro atoms. The number of aromatic nitrogens is 2. The molecule has 2 aromatic carbocycles. The zero-order chi connectivity index (χ0) is 29.8. The molecule has 0 aliphatic carbocycles. The van der Waals surface area contributed by atoms with Crippen LogP contribution in [0.4, 0.5) is 27.8 Å². The number of nitrogens with zero attached hydrogens (tertiary/aromatic N) is 4. The highest BCUT2D eigenvalue weighted by Gasteiger charge is 2.41. The number of alkyl halides is 3. The second kappa shape index (κ2) is 10.8. The maximum atomic E-state index is 15.0. The van der Waals surface area contributed by atoms with E-state index in [0.29, 0.717) is 6.07 Å². The van der Waals surface area contributed by atoms with Crippen molar-refractivity contribution in [1.82, 2.24) is 14.5 Å². The van der Waals surface area contributed by atoms with Crippen LogP contribution in [-0.4, -0.2) is 65.0 Å². The summed E-state index contributed by atoms with van der Waals surface area (Å²) < 4.78 is 79.5. The topological polar surface area (TPSA) is 67.7 Å². The summed E-state index contributed by atoms with van der Waals surface area (Å²) in [6.45, 7) is 7.64. The fraction of sp³-hybridized carbons (Fsp3) is 0.393. The monoisotopic (exact) mass is 594 g/mol. The first-order valence-electron chi connectivity index (χ1n) is 12.8. The minimum atomic E-state index is -4.92. The Morgan fingerprint density at radius 3 is 2.56 bits per heavy atom. The summed E-state index contributed by atoms with van der Waals surface area (Å²) in [6.07, 6.45) is -3.72. The van der Waals surface area contributed by atoms with Gasteiger partial charge in [-0.25, -0.2) is 13.6 Å². The molecule has 1 fully saturated rings. The highest BCUT2D eigenvalue weighted by molar-refractivity contribution is 7.99. The molecule has 1 aromatic heterocycles. The summed E-state index contributed by atoms with van der Waals surface area (Å²) in [5.74, 6) is -2.15. The van der Waals surface area contributed by atoms with Gasteiger partial charge >= 0.3 is 11.9 Å². The number of anilines is 1. The normalized spacial score (nSPS) is 20.9. The number of piperazine rings is 1. The predicted molar refractivity (Wildman–Crippen MR) is 146 cm³/mol. The standard InChI is InChI=1S/C28H27F5N4O3S/c1-5-22(38)35-10-15(3)36(11-14(35)2)26-19-9-20(28(31,32)33)23(18-7-6-16(29)8-21(18)30)25-24(19)37(27(39)34-26)17(12-40-4)13-41-25/h5-9,14-15,17H,1,10-13H2,2-4H3/t14-,15+,17+/m1/s1. The van der Waals surface area contributed by atoms with Crippen molar-refractivity contribution in [3.8, 4) is 11.1 Å². The number of ether oxygens (including phenoxy) is 1. The fourth-order valence-electron chi connectivity index (χ4n) is 5.65. The number of hydrogen-bond acceptors (Lipinski definition) is 6. The molecule has 41 heavy (non-hydrogen) atoms. The van der Waals surface area contributed by atoms with Crippen molar-refractivity contribution in [1.29, 1.82) is 0 Å². The van der Waals surface area contributed by atoms with Gasteiger partial charge in [0.2, 0.25) is 5.91 Å². The molecule has 218 valence electrons. The molecule has 0 unspecified atom stereocenters. The molecule has 0 bridgehead atoms. The van der Waals surface area contributed by atoms with E-state index in [1.165, 1.54) is 17.8 Å². The fourth-order valence-corrected chi connectivity index (χ4v) is 6.97. The minimum Gasteiger partial charge on any atom is -0.383 e. The van der Waals surface area contributed by atoms with E-state index in [-0.39, 0.29) is 59.0 Å². The molecule has 0 radical (unpaired) electrons. The number of carbonyl (C=O) groups excluding carboxylic acids is 1. The number of methoxy groups -OCH3 is 1. The highest BCUT2D eigenvalue weighted by Crippen LogP contribution is 2.50. The van der Waals surface area contributed by atoms with Gasteiger partial charge in [-0.3, -0.25) is 9.36 Å². The van der Waals surface area contributed by atoms with E-state index in [0.717, 1.165) is 30.0 Å². The van der Waals surface area contributed by atoms with Crippen LogP contribution >= 0.6 is 11.8 Å². The van der Waals surface area contributed by atoms with Crippen molar-refractivity contribution in [2.45, 2.75) is 43.0 Å². The van der Waals surface area contributed by atoms with Crippen LogP contribution in [0.5, 0.6) is 0 Å². The van der Waals surface area contributed by atoms with Gasteiger partial charge in [0.15, 0.2) is 0 Å². The van der Waals surface area contributed by atoms with Crippen LogP contribution in [0.1, 0.15) is 25.5 Å². The molecule has 3 aromatic rings. The van der Waals surface area contributed by atoms with Crippen LogP contribution in [0.3, 0.4) is 0 Å². The Labute approximate surface area is 236 Å². The Balaban J connectivity index is 1.85. The molecule has 0 saturated carbocycles. The first kappa shape index (κ1) is 29.1. The highest BCUT2D eigenvalue weighted by atomic mass is 32.2. The summed E-state index contributed by atoms with van der Waals surface area (Å²) in [4.78, 5) is 33.6. The molecule has 2 aliphatic heterocycles. The van der Waals surface area contributed by atoms with Gasteiger partial charge in [0, 0.05) is 65.5 Å². The molecular formula is C28H27F5N4O3S. The third kappa shape index (κ3) is 4.99. The van der Waals surface area contributed by atoms with Crippen molar-refractivity contribution in [2.75, 3.05) is 37.5 Å². The lowest BCUT2D eigenvalue weighted by atomic mass is 9.95. The van der Waals surface area contributed by atoms with Crippen LogP contribution in [0, 0.1) is 11.6 Å². The van der Waals surface area contributed by atoms with Crippen molar-refractivity contribution >= 4 is 34.4 Å². The average Bonchev–Trinajstić information content (AvgIpc) is 2.91. The van der Waals surface area contributed by atoms with Gasteiger partial charge in [-0.05, 0) is 38.1 Å². The van der Waals surface area contributed by atoms with Crippen LogP contribution in [-0.2, 0) is 15.7 Å². The Morgan fingerprint density at radius 1 is 1.20 bits per heavy atom. The molecule has 3 heterocycles. The molecule has 3 atom stereocenters. The number of amides is 1. The van der Waals surface area contributed by atoms with E-state index in [4.69, 9.17) is 4.74 Å². The number of hydrogen-bond donors (Lipinski definition) is 0. The summed E-state index contributed by atoms with van der Waals surface area (Å²) in [6, 6.07) is 2.00. The van der Waals surface area contributed by atoms with Crippen LogP contribution < -0.4 is 10.6 Å². The van der Waals surface area contributed by atoms with Gasteiger partial charge in [-0.2, -0.15) is 18.2 Å². The molecule has 1 saturated heterocycles.